The first-order valence-corrected chi connectivity index (χ1v) is 11.5. The summed E-state index contributed by atoms with van der Waals surface area (Å²) in [6.45, 7) is -0.0159. The molecular formula is C22H18ClF3N2O3S. The van der Waals surface area contributed by atoms with E-state index in [-0.39, 0.29) is 17.8 Å². The van der Waals surface area contributed by atoms with Crippen LogP contribution in [-0.4, -0.2) is 20.6 Å². The van der Waals surface area contributed by atoms with Gasteiger partial charge >= 0.3 is 6.18 Å². The average molecular weight is 483 g/mol. The third-order valence-electron chi connectivity index (χ3n) is 4.52. The minimum absolute atomic E-state index is 0.0159. The third-order valence-corrected chi connectivity index (χ3v) is 5.90. The highest BCUT2D eigenvalue weighted by Gasteiger charge is 2.33. The number of para-hydroxylation sites is 1. The summed E-state index contributed by atoms with van der Waals surface area (Å²) in [6.07, 6.45) is -3.54. The number of halogens is 4. The maximum Gasteiger partial charge on any atom is 0.418 e. The van der Waals surface area contributed by atoms with Crippen LogP contribution >= 0.6 is 11.6 Å². The molecule has 0 heterocycles. The Balaban J connectivity index is 1.80. The molecule has 0 aliphatic heterocycles. The van der Waals surface area contributed by atoms with Gasteiger partial charge in [0.15, 0.2) is 0 Å². The summed E-state index contributed by atoms with van der Waals surface area (Å²) in [6, 6.07) is 17.0. The number of amides is 1. The highest BCUT2D eigenvalue weighted by molar-refractivity contribution is 7.92. The molecule has 3 aromatic carbocycles. The van der Waals surface area contributed by atoms with Crippen molar-refractivity contribution in [1.82, 2.24) is 0 Å². The van der Waals surface area contributed by atoms with Crippen LogP contribution in [0, 0.1) is 0 Å². The Hall–Kier alpha value is -3.04. The van der Waals surface area contributed by atoms with Gasteiger partial charge in [-0.05, 0) is 48.0 Å². The number of hydrogen-bond acceptors (Lipinski definition) is 3. The molecule has 32 heavy (non-hydrogen) atoms. The van der Waals surface area contributed by atoms with Crippen LogP contribution in [0.5, 0.6) is 0 Å². The van der Waals surface area contributed by atoms with E-state index < -0.39 is 27.7 Å². The lowest BCUT2D eigenvalue weighted by molar-refractivity contribution is -0.136. The van der Waals surface area contributed by atoms with E-state index in [1.165, 1.54) is 48.5 Å². The van der Waals surface area contributed by atoms with Crippen LogP contribution < -0.4 is 9.62 Å². The van der Waals surface area contributed by atoms with E-state index in [9.17, 15) is 26.4 Å². The van der Waals surface area contributed by atoms with E-state index in [0.29, 0.717) is 16.3 Å². The molecule has 0 aromatic heterocycles. The molecule has 0 aliphatic rings. The number of benzene rings is 3. The summed E-state index contributed by atoms with van der Waals surface area (Å²) >= 11 is 5.97. The number of rotatable bonds is 6. The molecule has 0 radical (unpaired) electrons. The third kappa shape index (κ3) is 5.80. The number of nitrogens with one attached hydrogen (secondary N) is 1. The lowest BCUT2D eigenvalue weighted by Crippen LogP contribution is -2.29. The highest BCUT2D eigenvalue weighted by atomic mass is 35.5. The fourth-order valence-corrected chi connectivity index (χ4v) is 4.06. The van der Waals surface area contributed by atoms with E-state index >= 15 is 0 Å². The number of hydrogen-bond donors (Lipinski definition) is 1. The summed E-state index contributed by atoms with van der Waals surface area (Å²) in [4.78, 5) is 12.4. The monoisotopic (exact) mass is 482 g/mol. The van der Waals surface area contributed by atoms with Gasteiger partial charge in [-0.3, -0.25) is 9.10 Å². The molecule has 0 bridgehead atoms. The van der Waals surface area contributed by atoms with E-state index in [1.807, 2.05) is 0 Å². The van der Waals surface area contributed by atoms with Gasteiger partial charge in [0, 0.05) is 10.6 Å². The van der Waals surface area contributed by atoms with Gasteiger partial charge in [0.2, 0.25) is 10.0 Å². The Bertz CT molecular complexity index is 1230. The molecule has 3 rings (SSSR count). The van der Waals surface area contributed by atoms with Crippen LogP contribution in [0.3, 0.4) is 0 Å². The molecule has 1 amide bonds. The van der Waals surface area contributed by atoms with E-state index in [1.54, 1.807) is 18.2 Å². The molecule has 0 atom stereocenters. The van der Waals surface area contributed by atoms with Crippen molar-refractivity contribution in [3.05, 3.63) is 94.5 Å². The van der Waals surface area contributed by atoms with Gasteiger partial charge in [0.1, 0.15) is 0 Å². The van der Waals surface area contributed by atoms with Gasteiger partial charge in [-0.2, -0.15) is 13.2 Å². The van der Waals surface area contributed by atoms with Crippen molar-refractivity contribution in [3.8, 4) is 0 Å². The first-order valence-electron chi connectivity index (χ1n) is 9.25. The Labute approximate surface area is 188 Å². The minimum Gasteiger partial charge on any atom is -0.321 e. The molecule has 3 aromatic rings. The summed E-state index contributed by atoms with van der Waals surface area (Å²) in [5.74, 6) is -0.719. The van der Waals surface area contributed by atoms with Gasteiger partial charge in [-0.25, -0.2) is 8.42 Å². The van der Waals surface area contributed by atoms with Crippen molar-refractivity contribution in [2.45, 2.75) is 12.7 Å². The number of sulfonamides is 1. The fourth-order valence-electron chi connectivity index (χ4n) is 2.99. The van der Waals surface area contributed by atoms with Gasteiger partial charge in [0.25, 0.3) is 5.91 Å². The van der Waals surface area contributed by atoms with Crippen molar-refractivity contribution in [2.75, 3.05) is 15.9 Å². The van der Waals surface area contributed by atoms with Crippen molar-refractivity contribution < 1.29 is 26.4 Å². The molecular weight excluding hydrogens is 465 g/mol. The van der Waals surface area contributed by atoms with Gasteiger partial charge in [-0.15, -0.1) is 0 Å². The molecule has 0 saturated carbocycles. The molecule has 168 valence electrons. The maximum absolute atomic E-state index is 13.1. The lowest BCUT2D eigenvalue weighted by atomic mass is 10.1. The zero-order valence-electron chi connectivity index (χ0n) is 16.7. The zero-order chi connectivity index (χ0) is 23.5. The molecule has 0 spiro atoms. The normalized spacial score (nSPS) is 11.8. The number of carbonyl (C=O) groups excluding carboxylic acids is 1. The first kappa shape index (κ1) is 23.6. The van der Waals surface area contributed by atoms with Crippen molar-refractivity contribution >= 4 is 38.9 Å². The van der Waals surface area contributed by atoms with Crippen molar-refractivity contribution in [2.24, 2.45) is 0 Å². The number of nitrogens with zero attached hydrogens (tertiary/aromatic N) is 1. The molecule has 0 saturated heterocycles. The van der Waals surface area contributed by atoms with Crippen LogP contribution in [0.1, 0.15) is 21.5 Å². The molecule has 10 heteroatoms. The number of anilines is 2. The SMILES string of the molecule is CS(=O)(=O)N(Cc1ccc(C(=O)Nc2ccccc2C(F)(F)F)cc1)c1cccc(Cl)c1. The van der Waals surface area contributed by atoms with Crippen molar-refractivity contribution in [3.63, 3.8) is 0 Å². The topological polar surface area (TPSA) is 66.5 Å². The molecule has 5 nitrogen and oxygen atoms in total. The Morgan fingerprint density at radius 1 is 1.00 bits per heavy atom. The summed E-state index contributed by atoms with van der Waals surface area (Å²) in [7, 11) is -3.63. The summed E-state index contributed by atoms with van der Waals surface area (Å²) in [5, 5.41) is 2.65. The zero-order valence-corrected chi connectivity index (χ0v) is 18.3. The van der Waals surface area contributed by atoms with E-state index in [0.717, 1.165) is 16.6 Å². The molecule has 0 unspecified atom stereocenters. The summed E-state index contributed by atoms with van der Waals surface area (Å²) < 4.78 is 65.1. The highest BCUT2D eigenvalue weighted by Crippen LogP contribution is 2.34. The largest absolute Gasteiger partial charge is 0.418 e. The predicted molar refractivity (Wildman–Crippen MR) is 118 cm³/mol. The van der Waals surface area contributed by atoms with Crippen molar-refractivity contribution in [1.29, 1.82) is 0 Å². The van der Waals surface area contributed by atoms with Gasteiger partial charge in [-0.1, -0.05) is 41.9 Å². The second-order valence-corrected chi connectivity index (χ2v) is 9.29. The van der Waals surface area contributed by atoms with Crippen LogP contribution in [0.2, 0.25) is 5.02 Å². The van der Waals surface area contributed by atoms with E-state index in [4.69, 9.17) is 11.6 Å². The molecule has 0 aliphatic carbocycles. The number of alkyl halides is 3. The van der Waals surface area contributed by atoms with Crippen LogP contribution in [0.25, 0.3) is 0 Å². The van der Waals surface area contributed by atoms with Crippen LogP contribution in [0.4, 0.5) is 24.5 Å². The van der Waals surface area contributed by atoms with Gasteiger partial charge in [0.05, 0.1) is 29.7 Å². The van der Waals surface area contributed by atoms with E-state index in [2.05, 4.69) is 5.32 Å². The maximum atomic E-state index is 13.1. The molecule has 1 N–H and O–H groups in total. The second kappa shape index (κ2) is 9.22. The Morgan fingerprint density at radius 2 is 1.66 bits per heavy atom. The first-order chi connectivity index (χ1) is 14.9. The second-order valence-electron chi connectivity index (χ2n) is 6.94. The fraction of sp³-hybridized carbons (Fsp3) is 0.136. The van der Waals surface area contributed by atoms with Crippen LogP contribution in [0.15, 0.2) is 72.8 Å². The Morgan fingerprint density at radius 3 is 2.25 bits per heavy atom. The summed E-state index contributed by atoms with van der Waals surface area (Å²) in [5.41, 5.74) is -0.221. The predicted octanol–water partition coefficient (Wildman–Crippen LogP) is 5.58. The average Bonchev–Trinajstić information content (AvgIpc) is 2.71. The van der Waals surface area contributed by atoms with Gasteiger partial charge < -0.3 is 5.32 Å². The minimum atomic E-state index is -4.61. The lowest BCUT2D eigenvalue weighted by Gasteiger charge is -2.23. The quantitative estimate of drug-likeness (QED) is 0.499. The smallest absolute Gasteiger partial charge is 0.321 e. The molecule has 0 fully saturated rings. The standard InChI is InChI=1S/C22H18ClF3N2O3S/c1-32(30,31)28(18-6-4-5-17(23)13-18)14-15-9-11-16(12-10-15)21(29)27-20-8-3-2-7-19(20)22(24,25)26/h2-13H,14H2,1H3,(H,27,29). The Kier molecular flexibility index (Phi) is 6.80. The van der Waals surface area contributed by atoms with Crippen LogP contribution in [-0.2, 0) is 22.7 Å². The number of carbonyl (C=O) groups is 1.